The Morgan fingerprint density at radius 2 is 1.91 bits per heavy atom. The van der Waals surface area contributed by atoms with Gasteiger partial charge in [0.1, 0.15) is 11.6 Å². The molecule has 0 aromatic carbocycles. The van der Waals surface area contributed by atoms with Crippen molar-refractivity contribution in [1.82, 2.24) is 14.8 Å². The molecule has 4 rings (SSSR count). The highest BCUT2D eigenvalue weighted by molar-refractivity contribution is 7.10. The lowest BCUT2D eigenvalue weighted by molar-refractivity contribution is -0.116. The molecule has 1 fully saturated rings. The van der Waals surface area contributed by atoms with Crippen molar-refractivity contribution in [3.05, 3.63) is 34.0 Å². The van der Waals surface area contributed by atoms with E-state index in [2.05, 4.69) is 14.8 Å². The Hall–Kier alpha value is -1.30. The van der Waals surface area contributed by atoms with Gasteiger partial charge in [-0.25, -0.2) is 8.78 Å². The van der Waals surface area contributed by atoms with Crippen molar-refractivity contribution in [3.63, 3.8) is 0 Å². The Morgan fingerprint density at radius 3 is 2.64 bits per heavy atom. The maximum absolute atomic E-state index is 13.7. The van der Waals surface area contributed by atoms with E-state index in [1.165, 1.54) is 12.8 Å². The molecule has 3 nitrogen and oxygen atoms in total. The highest BCUT2D eigenvalue weighted by Crippen LogP contribution is 2.57. The molecule has 0 atom stereocenters. The number of alkyl halides is 2. The van der Waals surface area contributed by atoms with Crippen LogP contribution in [0, 0.1) is 0 Å². The average Bonchev–Trinajstić information content (AvgIpc) is 3.05. The smallest absolute Gasteiger partial charge is 0.250 e. The van der Waals surface area contributed by atoms with Gasteiger partial charge in [-0.05, 0) is 24.3 Å². The predicted octanol–water partition coefficient (Wildman–Crippen LogP) is 4.17. The van der Waals surface area contributed by atoms with Crippen molar-refractivity contribution in [1.29, 1.82) is 0 Å². The van der Waals surface area contributed by atoms with Crippen LogP contribution < -0.4 is 0 Å². The fourth-order valence-electron chi connectivity index (χ4n) is 3.84. The second-order valence-electron chi connectivity index (χ2n) is 6.52. The number of halogens is 2. The summed E-state index contributed by atoms with van der Waals surface area (Å²) in [5.41, 5.74) is -0.637. The summed E-state index contributed by atoms with van der Waals surface area (Å²) in [7, 11) is 0. The minimum atomic E-state index is -2.59. The van der Waals surface area contributed by atoms with E-state index in [0.29, 0.717) is 0 Å². The van der Waals surface area contributed by atoms with Crippen molar-refractivity contribution in [3.8, 4) is 0 Å². The van der Waals surface area contributed by atoms with E-state index >= 15 is 0 Å². The van der Waals surface area contributed by atoms with Crippen LogP contribution in [0.4, 0.5) is 8.78 Å². The van der Waals surface area contributed by atoms with Crippen LogP contribution in [-0.2, 0) is 18.4 Å². The fourth-order valence-corrected chi connectivity index (χ4v) is 4.76. The molecule has 0 N–H and O–H groups in total. The van der Waals surface area contributed by atoms with E-state index in [1.54, 1.807) is 11.3 Å². The molecule has 0 radical (unpaired) electrons. The quantitative estimate of drug-likeness (QED) is 0.830. The summed E-state index contributed by atoms with van der Waals surface area (Å²) >= 11 is 1.55. The van der Waals surface area contributed by atoms with E-state index in [1.807, 2.05) is 17.5 Å². The summed E-state index contributed by atoms with van der Waals surface area (Å²) < 4.78 is 29.6. The zero-order valence-electron chi connectivity index (χ0n) is 12.4. The number of fused-ring (bicyclic) bond motifs is 1. The van der Waals surface area contributed by atoms with Crippen molar-refractivity contribution in [2.45, 2.75) is 62.8 Å². The van der Waals surface area contributed by atoms with Gasteiger partial charge in [-0.15, -0.1) is 21.5 Å². The third kappa shape index (κ3) is 2.19. The van der Waals surface area contributed by atoms with Gasteiger partial charge in [0.05, 0.1) is 5.41 Å². The van der Waals surface area contributed by atoms with Crippen molar-refractivity contribution >= 4 is 11.3 Å². The van der Waals surface area contributed by atoms with Gasteiger partial charge in [0.25, 0.3) is 5.92 Å². The largest absolute Gasteiger partial charge is 0.314 e. The molecule has 0 saturated heterocycles. The molecule has 0 bridgehead atoms. The number of thiophene rings is 1. The fraction of sp³-hybridized carbons (Fsp3) is 0.625. The van der Waals surface area contributed by atoms with E-state index in [0.717, 1.165) is 42.3 Å². The first kappa shape index (κ1) is 14.3. The molecule has 1 saturated carbocycles. The molecular weight excluding hydrogens is 304 g/mol. The second kappa shape index (κ2) is 5.11. The minimum Gasteiger partial charge on any atom is -0.314 e. The Bertz CT molecular complexity index is 655. The zero-order chi connectivity index (χ0) is 15.2. The summed E-state index contributed by atoms with van der Waals surface area (Å²) in [6.07, 6.45) is 5.23. The number of hydrogen-bond donors (Lipinski definition) is 0. The molecular formula is C16H19F2N3S. The Balaban J connectivity index is 1.78. The first-order valence-corrected chi connectivity index (χ1v) is 8.83. The highest BCUT2D eigenvalue weighted by Gasteiger charge is 2.61. The molecule has 2 aliphatic rings. The molecule has 0 unspecified atom stereocenters. The van der Waals surface area contributed by atoms with Gasteiger partial charge in [-0.1, -0.05) is 18.9 Å². The van der Waals surface area contributed by atoms with Crippen LogP contribution in [0.25, 0.3) is 0 Å². The summed E-state index contributed by atoms with van der Waals surface area (Å²) in [6.45, 7) is 0.858. The minimum absolute atomic E-state index is 0.140. The number of hydrogen-bond acceptors (Lipinski definition) is 3. The molecule has 6 heteroatoms. The van der Waals surface area contributed by atoms with Crippen LogP contribution >= 0.6 is 11.3 Å². The van der Waals surface area contributed by atoms with E-state index in [-0.39, 0.29) is 12.8 Å². The predicted molar refractivity (Wildman–Crippen MR) is 81.5 cm³/mol. The summed E-state index contributed by atoms with van der Waals surface area (Å²) in [4.78, 5) is 0.996. The molecule has 2 aromatic heterocycles. The summed E-state index contributed by atoms with van der Waals surface area (Å²) in [5, 5.41) is 10.7. The lowest BCUT2D eigenvalue weighted by Crippen LogP contribution is -2.51. The van der Waals surface area contributed by atoms with Crippen molar-refractivity contribution in [2.24, 2.45) is 0 Å². The van der Waals surface area contributed by atoms with Gasteiger partial charge < -0.3 is 4.57 Å². The molecule has 3 heterocycles. The monoisotopic (exact) mass is 323 g/mol. The van der Waals surface area contributed by atoms with Crippen molar-refractivity contribution in [2.75, 3.05) is 0 Å². The molecule has 1 aliphatic heterocycles. The molecule has 118 valence electrons. The van der Waals surface area contributed by atoms with E-state index in [9.17, 15) is 8.78 Å². The van der Waals surface area contributed by atoms with Gasteiger partial charge in [-0.2, -0.15) is 0 Å². The SMILES string of the molecule is FC1(F)CC(c2cccs2)(c2nnc3n2CCCCCC3)C1. The average molecular weight is 323 g/mol. The lowest BCUT2D eigenvalue weighted by atomic mass is 9.64. The maximum atomic E-state index is 13.7. The van der Waals surface area contributed by atoms with Crippen molar-refractivity contribution < 1.29 is 8.78 Å². The highest BCUT2D eigenvalue weighted by atomic mass is 32.1. The zero-order valence-corrected chi connectivity index (χ0v) is 13.2. The lowest BCUT2D eigenvalue weighted by Gasteiger charge is -2.46. The van der Waals surface area contributed by atoms with E-state index < -0.39 is 11.3 Å². The van der Waals surface area contributed by atoms with Gasteiger partial charge in [0, 0.05) is 30.7 Å². The molecule has 2 aromatic rings. The first-order valence-electron chi connectivity index (χ1n) is 7.95. The van der Waals surface area contributed by atoms with E-state index in [4.69, 9.17) is 0 Å². The number of rotatable bonds is 2. The Kier molecular flexibility index (Phi) is 3.33. The van der Waals surface area contributed by atoms with Crippen LogP contribution in [0.2, 0.25) is 0 Å². The van der Waals surface area contributed by atoms with Crippen LogP contribution in [0.15, 0.2) is 17.5 Å². The Morgan fingerprint density at radius 1 is 1.09 bits per heavy atom. The van der Waals surface area contributed by atoms with Gasteiger partial charge in [0.15, 0.2) is 0 Å². The van der Waals surface area contributed by atoms with Gasteiger partial charge >= 0.3 is 0 Å². The third-order valence-electron chi connectivity index (χ3n) is 4.90. The number of aromatic nitrogens is 3. The topological polar surface area (TPSA) is 30.7 Å². The standard InChI is InChI=1S/C16H19F2N3S/c17-16(18)10-15(11-16,12-6-5-9-22-12)14-20-19-13-7-3-1-2-4-8-21(13)14/h5-6,9H,1-4,7-8,10-11H2. The normalized spacial score (nSPS) is 23.2. The molecule has 0 spiro atoms. The third-order valence-corrected chi connectivity index (χ3v) is 5.98. The van der Waals surface area contributed by atoms with Crippen LogP contribution in [-0.4, -0.2) is 20.7 Å². The number of nitrogens with zero attached hydrogens (tertiary/aromatic N) is 3. The first-order chi connectivity index (χ1) is 10.6. The van der Waals surface area contributed by atoms with Crippen LogP contribution in [0.5, 0.6) is 0 Å². The summed E-state index contributed by atoms with van der Waals surface area (Å²) in [5.74, 6) is -0.850. The maximum Gasteiger partial charge on any atom is 0.250 e. The summed E-state index contributed by atoms with van der Waals surface area (Å²) in [6, 6.07) is 3.90. The Labute approximate surface area is 132 Å². The van der Waals surface area contributed by atoms with Crippen LogP contribution in [0.3, 0.4) is 0 Å². The second-order valence-corrected chi connectivity index (χ2v) is 7.47. The number of aryl methyl sites for hydroxylation is 1. The van der Waals surface area contributed by atoms with Gasteiger partial charge in [0.2, 0.25) is 0 Å². The molecule has 0 amide bonds. The molecule has 22 heavy (non-hydrogen) atoms. The molecule has 1 aliphatic carbocycles. The van der Waals surface area contributed by atoms with Crippen LogP contribution in [0.1, 0.15) is 55.1 Å². The van der Waals surface area contributed by atoms with Gasteiger partial charge in [-0.3, -0.25) is 0 Å².